The molecule has 2 heteroatoms. The quantitative estimate of drug-likeness (QED) is 0.856. The van der Waals surface area contributed by atoms with Gasteiger partial charge in [0.05, 0.1) is 6.10 Å². The molecule has 1 N–H and O–H groups in total. The fourth-order valence-electron chi connectivity index (χ4n) is 2.93. The van der Waals surface area contributed by atoms with Crippen LogP contribution in [0.5, 0.6) is 0 Å². The van der Waals surface area contributed by atoms with E-state index in [1.165, 1.54) is 38.2 Å². The Kier molecular flexibility index (Phi) is 5.18. The van der Waals surface area contributed by atoms with Crippen LogP contribution in [0.4, 0.5) is 4.39 Å². The van der Waals surface area contributed by atoms with E-state index in [0.717, 1.165) is 12.8 Å². The molecule has 0 amide bonds. The molecule has 1 unspecified atom stereocenters. The van der Waals surface area contributed by atoms with E-state index in [4.69, 9.17) is 0 Å². The van der Waals surface area contributed by atoms with Crippen LogP contribution in [0.15, 0.2) is 24.3 Å². The number of benzene rings is 1. The highest BCUT2D eigenvalue weighted by molar-refractivity contribution is 5.18. The fraction of sp³-hybridized carbons (Fsp3) is 0.625. The Hall–Kier alpha value is -0.890. The Morgan fingerprint density at radius 1 is 1.06 bits per heavy atom. The SMILES string of the molecule is OC(Cc1ccccc1F)C1CCCCCCC1. The Labute approximate surface area is 109 Å². The number of halogens is 1. The molecule has 1 saturated carbocycles. The van der Waals surface area contributed by atoms with Gasteiger partial charge in [-0.25, -0.2) is 4.39 Å². The minimum Gasteiger partial charge on any atom is -0.392 e. The molecule has 0 aromatic heterocycles. The zero-order chi connectivity index (χ0) is 12.8. The first-order valence-corrected chi connectivity index (χ1v) is 7.19. The molecule has 1 nitrogen and oxygen atoms in total. The first-order valence-electron chi connectivity index (χ1n) is 7.19. The number of rotatable bonds is 3. The molecule has 1 aliphatic rings. The van der Waals surface area contributed by atoms with Crippen molar-refractivity contribution in [1.29, 1.82) is 0 Å². The molecule has 0 aliphatic heterocycles. The number of hydrogen-bond acceptors (Lipinski definition) is 1. The number of hydrogen-bond donors (Lipinski definition) is 1. The Balaban J connectivity index is 1.93. The Bertz CT molecular complexity index is 356. The lowest BCUT2D eigenvalue weighted by atomic mass is 9.85. The highest BCUT2D eigenvalue weighted by Crippen LogP contribution is 2.26. The summed E-state index contributed by atoms with van der Waals surface area (Å²) in [7, 11) is 0. The van der Waals surface area contributed by atoms with Crippen molar-refractivity contribution in [1.82, 2.24) is 0 Å². The molecule has 1 aromatic carbocycles. The largest absolute Gasteiger partial charge is 0.392 e. The number of aliphatic hydroxyl groups excluding tert-OH is 1. The van der Waals surface area contributed by atoms with Gasteiger partial charge in [0.2, 0.25) is 0 Å². The zero-order valence-electron chi connectivity index (χ0n) is 10.9. The minimum atomic E-state index is -0.389. The average molecular weight is 250 g/mol. The third-order valence-electron chi connectivity index (χ3n) is 4.08. The Morgan fingerprint density at radius 3 is 2.33 bits per heavy atom. The second kappa shape index (κ2) is 6.89. The van der Waals surface area contributed by atoms with Gasteiger partial charge in [0.1, 0.15) is 5.82 Å². The van der Waals surface area contributed by atoms with Gasteiger partial charge in [0, 0.05) is 6.42 Å². The van der Waals surface area contributed by atoms with Gasteiger partial charge in [-0.1, -0.05) is 50.3 Å². The molecule has 0 saturated heterocycles. The molecular formula is C16H23FO. The highest BCUT2D eigenvalue weighted by atomic mass is 19.1. The van der Waals surface area contributed by atoms with Gasteiger partial charge >= 0.3 is 0 Å². The standard InChI is InChI=1S/C16H23FO/c17-15-11-7-6-10-14(15)12-16(18)13-8-4-2-1-3-5-9-13/h6-7,10-11,13,16,18H,1-5,8-9,12H2. The van der Waals surface area contributed by atoms with E-state index in [1.54, 1.807) is 12.1 Å². The van der Waals surface area contributed by atoms with Gasteiger partial charge in [-0.2, -0.15) is 0 Å². The van der Waals surface area contributed by atoms with Gasteiger partial charge in [0.15, 0.2) is 0 Å². The van der Waals surface area contributed by atoms with E-state index in [9.17, 15) is 9.50 Å². The molecule has 0 heterocycles. The van der Waals surface area contributed by atoms with Crippen molar-refractivity contribution >= 4 is 0 Å². The zero-order valence-corrected chi connectivity index (χ0v) is 10.9. The summed E-state index contributed by atoms with van der Waals surface area (Å²) < 4.78 is 13.6. The van der Waals surface area contributed by atoms with Gasteiger partial charge in [-0.05, 0) is 30.4 Å². The van der Waals surface area contributed by atoms with Crippen molar-refractivity contribution in [2.45, 2.75) is 57.5 Å². The molecule has 0 bridgehead atoms. The topological polar surface area (TPSA) is 20.2 Å². The lowest BCUT2D eigenvalue weighted by Crippen LogP contribution is -2.24. The van der Waals surface area contributed by atoms with Crippen LogP contribution in [-0.2, 0) is 6.42 Å². The lowest BCUT2D eigenvalue weighted by Gasteiger charge is -2.25. The van der Waals surface area contributed by atoms with E-state index in [2.05, 4.69) is 0 Å². The summed E-state index contributed by atoms with van der Waals surface area (Å²) in [6, 6.07) is 6.78. The van der Waals surface area contributed by atoms with Crippen LogP contribution in [-0.4, -0.2) is 11.2 Å². The molecule has 0 radical (unpaired) electrons. The van der Waals surface area contributed by atoms with Crippen LogP contribution >= 0.6 is 0 Å². The van der Waals surface area contributed by atoms with Crippen LogP contribution in [0, 0.1) is 11.7 Å². The van der Waals surface area contributed by atoms with Crippen LogP contribution in [0.1, 0.15) is 50.5 Å². The van der Waals surface area contributed by atoms with E-state index in [1.807, 2.05) is 6.07 Å². The second-order valence-electron chi connectivity index (χ2n) is 5.47. The van der Waals surface area contributed by atoms with E-state index in [0.29, 0.717) is 17.9 Å². The molecular weight excluding hydrogens is 227 g/mol. The van der Waals surface area contributed by atoms with Gasteiger partial charge in [-0.15, -0.1) is 0 Å². The van der Waals surface area contributed by atoms with Crippen LogP contribution in [0.2, 0.25) is 0 Å². The maximum atomic E-state index is 13.6. The van der Waals surface area contributed by atoms with Gasteiger partial charge in [-0.3, -0.25) is 0 Å². The summed E-state index contributed by atoms with van der Waals surface area (Å²) in [6.07, 6.45) is 8.56. The normalized spacial score (nSPS) is 20.1. The van der Waals surface area contributed by atoms with Crippen molar-refractivity contribution in [2.75, 3.05) is 0 Å². The lowest BCUT2D eigenvalue weighted by molar-refractivity contribution is 0.0905. The Morgan fingerprint density at radius 2 is 1.67 bits per heavy atom. The predicted octanol–water partition coefficient (Wildman–Crippen LogP) is 4.09. The highest BCUT2D eigenvalue weighted by Gasteiger charge is 2.21. The van der Waals surface area contributed by atoms with Crippen LogP contribution in [0.25, 0.3) is 0 Å². The van der Waals surface area contributed by atoms with Gasteiger partial charge in [0.25, 0.3) is 0 Å². The van der Waals surface area contributed by atoms with Crippen molar-refractivity contribution in [3.63, 3.8) is 0 Å². The first kappa shape index (κ1) is 13.5. The summed E-state index contributed by atoms with van der Waals surface area (Å²) in [5, 5.41) is 10.3. The summed E-state index contributed by atoms with van der Waals surface area (Å²) in [5.74, 6) is 0.160. The first-order chi connectivity index (χ1) is 8.77. The van der Waals surface area contributed by atoms with Gasteiger partial charge < -0.3 is 5.11 Å². The van der Waals surface area contributed by atoms with E-state index in [-0.39, 0.29) is 11.9 Å². The molecule has 1 aromatic rings. The molecule has 18 heavy (non-hydrogen) atoms. The molecule has 1 fully saturated rings. The third-order valence-corrected chi connectivity index (χ3v) is 4.08. The maximum absolute atomic E-state index is 13.6. The molecule has 0 spiro atoms. The average Bonchev–Trinajstić information content (AvgIpc) is 2.31. The number of aliphatic hydroxyl groups is 1. The van der Waals surface area contributed by atoms with Crippen molar-refractivity contribution in [2.24, 2.45) is 5.92 Å². The molecule has 1 atom stereocenters. The monoisotopic (exact) mass is 250 g/mol. The summed E-state index contributed by atoms with van der Waals surface area (Å²) in [6.45, 7) is 0. The summed E-state index contributed by atoms with van der Waals surface area (Å²) in [5.41, 5.74) is 0.645. The third kappa shape index (κ3) is 3.81. The second-order valence-corrected chi connectivity index (χ2v) is 5.47. The van der Waals surface area contributed by atoms with Crippen molar-refractivity contribution in [3.8, 4) is 0 Å². The summed E-state index contributed by atoms with van der Waals surface area (Å²) in [4.78, 5) is 0. The summed E-state index contributed by atoms with van der Waals surface area (Å²) >= 11 is 0. The van der Waals surface area contributed by atoms with Crippen molar-refractivity contribution in [3.05, 3.63) is 35.6 Å². The maximum Gasteiger partial charge on any atom is 0.126 e. The van der Waals surface area contributed by atoms with E-state index >= 15 is 0 Å². The predicted molar refractivity (Wildman–Crippen MR) is 71.9 cm³/mol. The molecule has 100 valence electrons. The molecule has 1 aliphatic carbocycles. The smallest absolute Gasteiger partial charge is 0.126 e. The van der Waals surface area contributed by atoms with Crippen LogP contribution < -0.4 is 0 Å². The van der Waals surface area contributed by atoms with Crippen molar-refractivity contribution < 1.29 is 9.50 Å². The van der Waals surface area contributed by atoms with E-state index < -0.39 is 0 Å². The fourth-order valence-corrected chi connectivity index (χ4v) is 2.93. The van der Waals surface area contributed by atoms with Crippen LogP contribution in [0.3, 0.4) is 0 Å². The minimum absolute atomic E-state index is 0.192. The molecule has 2 rings (SSSR count).